The summed E-state index contributed by atoms with van der Waals surface area (Å²) in [7, 11) is 4.45. The lowest BCUT2D eigenvalue weighted by Crippen LogP contribution is -2.29. The molecule has 1 aromatic heterocycles. The number of likely N-dealkylation sites (tertiary alicyclic amines) is 1. The molecular formula is C29H30N2O7. The molecule has 2 aromatic carbocycles. The van der Waals surface area contributed by atoms with E-state index < -0.39 is 17.7 Å². The summed E-state index contributed by atoms with van der Waals surface area (Å²) in [4.78, 5) is 32.3. The molecule has 4 rings (SSSR count). The Morgan fingerprint density at radius 1 is 1.00 bits per heavy atom. The number of aliphatic hydroxyl groups is 1. The molecule has 1 N–H and O–H groups in total. The fourth-order valence-corrected chi connectivity index (χ4v) is 4.42. The Morgan fingerprint density at radius 3 is 2.24 bits per heavy atom. The SMILES string of the molecule is CCCOc1ccc(/C(O)=C2\C(=O)C(=O)N(Cc3cccnc3)C2c2cc(OC)c(OC)c(OC)c2)cc1. The molecular weight excluding hydrogens is 488 g/mol. The van der Waals surface area contributed by atoms with E-state index >= 15 is 0 Å². The number of Topliss-reactive ketones (excluding diaryl/α,β-unsaturated/α-hetero) is 1. The zero-order valence-corrected chi connectivity index (χ0v) is 21.8. The van der Waals surface area contributed by atoms with E-state index in [-0.39, 0.29) is 17.9 Å². The minimum absolute atomic E-state index is 0.0459. The van der Waals surface area contributed by atoms with Gasteiger partial charge in [-0.25, -0.2) is 0 Å². The lowest BCUT2D eigenvalue weighted by molar-refractivity contribution is -0.140. The van der Waals surface area contributed by atoms with E-state index in [1.807, 2.05) is 13.0 Å². The monoisotopic (exact) mass is 518 g/mol. The van der Waals surface area contributed by atoms with E-state index in [1.165, 1.54) is 26.2 Å². The smallest absolute Gasteiger partial charge is 0.295 e. The molecule has 1 unspecified atom stereocenters. The third-order valence-electron chi connectivity index (χ3n) is 6.22. The minimum Gasteiger partial charge on any atom is -0.507 e. The second-order valence-corrected chi connectivity index (χ2v) is 8.62. The quantitative estimate of drug-likeness (QED) is 0.237. The number of aliphatic hydroxyl groups excluding tert-OH is 1. The van der Waals surface area contributed by atoms with Crippen molar-refractivity contribution in [1.82, 2.24) is 9.88 Å². The van der Waals surface area contributed by atoms with Crippen LogP contribution in [0.15, 0.2) is 66.5 Å². The van der Waals surface area contributed by atoms with E-state index in [1.54, 1.807) is 54.9 Å². The van der Waals surface area contributed by atoms with E-state index in [4.69, 9.17) is 18.9 Å². The summed E-state index contributed by atoms with van der Waals surface area (Å²) in [6, 6.07) is 12.7. The van der Waals surface area contributed by atoms with E-state index in [2.05, 4.69) is 4.98 Å². The van der Waals surface area contributed by atoms with Crippen molar-refractivity contribution in [2.24, 2.45) is 0 Å². The number of hydrogen-bond acceptors (Lipinski definition) is 8. The highest BCUT2D eigenvalue weighted by atomic mass is 16.5. The van der Waals surface area contributed by atoms with Crippen molar-refractivity contribution in [2.75, 3.05) is 27.9 Å². The van der Waals surface area contributed by atoms with E-state index in [0.29, 0.717) is 40.7 Å². The molecule has 3 aromatic rings. The number of ether oxygens (including phenoxy) is 4. The average molecular weight is 519 g/mol. The molecule has 1 aliphatic rings. The number of rotatable bonds is 10. The predicted molar refractivity (Wildman–Crippen MR) is 140 cm³/mol. The van der Waals surface area contributed by atoms with Gasteiger partial charge in [-0.1, -0.05) is 13.0 Å². The molecule has 198 valence electrons. The Balaban J connectivity index is 1.88. The van der Waals surface area contributed by atoms with Crippen molar-refractivity contribution in [3.05, 3.63) is 83.2 Å². The molecule has 1 atom stereocenters. The maximum Gasteiger partial charge on any atom is 0.295 e. The van der Waals surface area contributed by atoms with Crippen molar-refractivity contribution in [3.63, 3.8) is 0 Å². The van der Waals surface area contributed by atoms with Gasteiger partial charge >= 0.3 is 0 Å². The van der Waals surface area contributed by atoms with Crippen molar-refractivity contribution >= 4 is 17.4 Å². The molecule has 0 aliphatic carbocycles. The number of nitrogens with zero attached hydrogens (tertiary/aromatic N) is 2. The molecule has 1 amide bonds. The van der Waals surface area contributed by atoms with Gasteiger partial charge in [0.2, 0.25) is 5.75 Å². The first-order valence-electron chi connectivity index (χ1n) is 12.1. The van der Waals surface area contributed by atoms with Crippen LogP contribution in [0.1, 0.15) is 36.1 Å². The Bertz CT molecular complexity index is 1310. The van der Waals surface area contributed by atoms with Crippen molar-refractivity contribution in [2.45, 2.75) is 25.9 Å². The van der Waals surface area contributed by atoms with Crippen LogP contribution in [-0.2, 0) is 16.1 Å². The number of ketones is 1. The summed E-state index contributed by atoms with van der Waals surface area (Å²) in [5, 5.41) is 11.4. The van der Waals surface area contributed by atoms with Crippen molar-refractivity contribution < 1.29 is 33.6 Å². The fraction of sp³-hybridized carbons (Fsp3) is 0.276. The largest absolute Gasteiger partial charge is 0.507 e. The minimum atomic E-state index is -0.931. The Hall–Kier alpha value is -4.53. The zero-order chi connectivity index (χ0) is 27.2. The molecule has 0 saturated carbocycles. The highest BCUT2D eigenvalue weighted by molar-refractivity contribution is 6.46. The van der Waals surface area contributed by atoms with Crippen LogP contribution in [0, 0.1) is 0 Å². The van der Waals surface area contributed by atoms with Crippen molar-refractivity contribution in [3.8, 4) is 23.0 Å². The second-order valence-electron chi connectivity index (χ2n) is 8.62. The summed E-state index contributed by atoms with van der Waals surface area (Å²) in [5.41, 5.74) is 1.57. The first kappa shape index (κ1) is 26.5. The summed E-state index contributed by atoms with van der Waals surface area (Å²) in [5.74, 6) is -0.115. The maximum atomic E-state index is 13.4. The average Bonchev–Trinajstić information content (AvgIpc) is 3.20. The number of carbonyl (C=O) groups is 2. The van der Waals surface area contributed by atoms with Crippen LogP contribution in [0.25, 0.3) is 5.76 Å². The highest BCUT2D eigenvalue weighted by Gasteiger charge is 2.46. The first-order chi connectivity index (χ1) is 18.4. The van der Waals surface area contributed by atoms with Crippen LogP contribution in [0.2, 0.25) is 0 Å². The van der Waals surface area contributed by atoms with Gasteiger partial charge < -0.3 is 29.0 Å². The molecule has 38 heavy (non-hydrogen) atoms. The standard InChI is InChI=1S/C29H30N2O7/c1-5-13-38-21-10-8-19(9-11-21)26(32)24-25(20-14-22(35-2)28(37-4)23(15-20)36-3)31(29(34)27(24)33)17-18-7-6-12-30-16-18/h6-12,14-16,25,32H,5,13,17H2,1-4H3/b26-24+. The lowest BCUT2D eigenvalue weighted by Gasteiger charge is -2.26. The third kappa shape index (κ3) is 5.13. The van der Waals surface area contributed by atoms with Gasteiger partial charge in [0.1, 0.15) is 11.5 Å². The zero-order valence-electron chi connectivity index (χ0n) is 21.8. The molecule has 2 heterocycles. The number of pyridine rings is 1. The van der Waals surface area contributed by atoms with Crippen LogP contribution < -0.4 is 18.9 Å². The number of aromatic nitrogens is 1. The van der Waals surface area contributed by atoms with Crippen LogP contribution in [-0.4, -0.2) is 54.6 Å². The normalized spacial score (nSPS) is 16.4. The molecule has 1 fully saturated rings. The predicted octanol–water partition coefficient (Wildman–Crippen LogP) is 4.52. The van der Waals surface area contributed by atoms with Gasteiger partial charge in [0.05, 0.1) is 39.6 Å². The highest BCUT2D eigenvalue weighted by Crippen LogP contribution is 2.46. The maximum absolute atomic E-state index is 13.4. The summed E-state index contributed by atoms with van der Waals surface area (Å²) in [6.07, 6.45) is 4.11. The van der Waals surface area contributed by atoms with Crippen LogP contribution in [0.5, 0.6) is 23.0 Å². The van der Waals surface area contributed by atoms with Crippen LogP contribution in [0.3, 0.4) is 0 Å². The lowest BCUT2D eigenvalue weighted by atomic mass is 9.94. The molecule has 9 nitrogen and oxygen atoms in total. The van der Waals surface area contributed by atoms with Crippen molar-refractivity contribution in [1.29, 1.82) is 0 Å². The molecule has 9 heteroatoms. The Labute approximate surface area is 221 Å². The Kier molecular flexibility index (Phi) is 8.15. The number of hydrogen-bond donors (Lipinski definition) is 1. The number of amides is 1. The summed E-state index contributed by atoms with van der Waals surface area (Å²) in [6.45, 7) is 2.67. The molecule has 0 spiro atoms. The van der Waals surface area contributed by atoms with Gasteiger partial charge in [0.15, 0.2) is 11.5 Å². The Morgan fingerprint density at radius 2 is 1.68 bits per heavy atom. The van der Waals surface area contributed by atoms with Gasteiger partial charge in [0.25, 0.3) is 11.7 Å². The topological polar surface area (TPSA) is 107 Å². The number of methoxy groups -OCH3 is 3. The fourth-order valence-electron chi connectivity index (χ4n) is 4.42. The molecule has 1 aliphatic heterocycles. The number of carbonyl (C=O) groups excluding carboxylic acids is 2. The summed E-state index contributed by atoms with van der Waals surface area (Å²) < 4.78 is 22.1. The first-order valence-corrected chi connectivity index (χ1v) is 12.1. The van der Waals surface area contributed by atoms with Gasteiger partial charge in [-0.15, -0.1) is 0 Å². The van der Waals surface area contributed by atoms with Crippen LogP contribution in [0.4, 0.5) is 0 Å². The van der Waals surface area contributed by atoms with E-state index in [0.717, 1.165) is 12.0 Å². The third-order valence-corrected chi connectivity index (χ3v) is 6.22. The molecule has 0 radical (unpaired) electrons. The number of benzene rings is 2. The van der Waals surface area contributed by atoms with Gasteiger partial charge in [-0.3, -0.25) is 14.6 Å². The second kappa shape index (κ2) is 11.7. The summed E-state index contributed by atoms with van der Waals surface area (Å²) >= 11 is 0. The van der Waals surface area contributed by atoms with Gasteiger partial charge in [-0.2, -0.15) is 0 Å². The van der Waals surface area contributed by atoms with Crippen LogP contribution >= 0.6 is 0 Å². The van der Waals surface area contributed by atoms with Gasteiger partial charge in [0, 0.05) is 24.5 Å². The van der Waals surface area contributed by atoms with E-state index in [9.17, 15) is 14.7 Å². The van der Waals surface area contributed by atoms with Gasteiger partial charge in [-0.05, 0) is 60.0 Å². The molecule has 1 saturated heterocycles. The molecule has 0 bridgehead atoms.